The summed E-state index contributed by atoms with van der Waals surface area (Å²) in [4.78, 5) is 4.04. The third-order valence-electron chi connectivity index (χ3n) is 2.83. The lowest BCUT2D eigenvalue weighted by molar-refractivity contribution is 0.561. The average Bonchev–Trinajstić information content (AvgIpc) is 2.30. The minimum atomic E-state index is -2.98. The van der Waals surface area contributed by atoms with Crippen molar-refractivity contribution in [3.8, 4) is 6.07 Å². The normalized spacial score (nSPS) is 22.1. The first-order valence-electron chi connectivity index (χ1n) is 5.63. The van der Waals surface area contributed by atoms with Crippen LogP contribution in [0.4, 0.5) is 11.5 Å². The van der Waals surface area contributed by atoms with Crippen molar-refractivity contribution in [3.05, 3.63) is 17.8 Å². The highest BCUT2D eigenvalue weighted by atomic mass is 32.2. The molecule has 96 valence electrons. The lowest BCUT2D eigenvalue weighted by atomic mass is 10.1. The molecule has 1 saturated heterocycles. The van der Waals surface area contributed by atoms with Crippen molar-refractivity contribution in [2.75, 3.05) is 22.6 Å². The van der Waals surface area contributed by atoms with Crippen LogP contribution in [0.3, 0.4) is 0 Å². The molecule has 1 aromatic heterocycles. The second kappa shape index (κ2) is 4.82. The van der Waals surface area contributed by atoms with E-state index in [1.807, 2.05) is 6.07 Å². The smallest absolute Gasteiger partial charge is 0.152 e. The van der Waals surface area contributed by atoms with E-state index in [0.717, 1.165) is 6.42 Å². The Morgan fingerprint density at radius 3 is 3.00 bits per heavy atom. The molecule has 0 spiro atoms. The topological polar surface area (TPSA) is 109 Å². The lowest BCUT2D eigenvalue weighted by Gasteiger charge is -2.23. The summed E-state index contributed by atoms with van der Waals surface area (Å²) in [5, 5.41) is 12.0. The van der Waals surface area contributed by atoms with E-state index < -0.39 is 9.84 Å². The first kappa shape index (κ1) is 12.6. The molecular formula is C11H14N4O2S. The fraction of sp³-hybridized carbons (Fsp3) is 0.455. The number of nitrogens with one attached hydrogen (secondary N) is 1. The summed E-state index contributed by atoms with van der Waals surface area (Å²) in [6, 6.07) is 3.32. The number of rotatable bonds is 2. The Kier molecular flexibility index (Phi) is 3.39. The standard InChI is InChI=1S/C11H14N4O2S/c12-5-8-4-9(13)6-14-11(8)15-10-2-1-3-18(16,17)7-10/h4,6,10H,1-3,7,13H2,(H,14,15). The maximum absolute atomic E-state index is 11.5. The Hall–Kier alpha value is -1.81. The van der Waals surface area contributed by atoms with Crippen molar-refractivity contribution in [1.82, 2.24) is 4.98 Å². The number of aromatic nitrogens is 1. The van der Waals surface area contributed by atoms with E-state index in [1.165, 1.54) is 12.3 Å². The highest BCUT2D eigenvalue weighted by molar-refractivity contribution is 7.91. The van der Waals surface area contributed by atoms with E-state index in [2.05, 4.69) is 10.3 Å². The zero-order valence-corrected chi connectivity index (χ0v) is 10.6. The summed E-state index contributed by atoms with van der Waals surface area (Å²) in [7, 11) is -2.98. The number of nitrogen functional groups attached to an aromatic ring is 1. The van der Waals surface area contributed by atoms with Crippen molar-refractivity contribution >= 4 is 21.3 Å². The summed E-state index contributed by atoms with van der Waals surface area (Å²) in [6.45, 7) is 0. The van der Waals surface area contributed by atoms with Gasteiger partial charge in [0.15, 0.2) is 9.84 Å². The van der Waals surface area contributed by atoms with Crippen LogP contribution in [0.1, 0.15) is 18.4 Å². The van der Waals surface area contributed by atoms with Gasteiger partial charge in [-0.3, -0.25) is 0 Å². The maximum atomic E-state index is 11.5. The van der Waals surface area contributed by atoms with Crippen LogP contribution in [-0.2, 0) is 9.84 Å². The zero-order chi connectivity index (χ0) is 13.2. The first-order chi connectivity index (χ1) is 8.50. The summed E-state index contributed by atoms with van der Waals surface area (Å²) >= 11 is 0. The minimum Gasteiger partial charge on any atom is -0.397 e. The molecule has 2 rings (SSSR count). The predicted molar refractivity (Wildman–Crippen MR) is 68.7 cm³/mol. The van der Waals surface area contributed by atoms with E-state index in [-0.39, 0.29) is 17.5 Å². The van der Waals surface area contributed by atoms with Gasteiger partial charge in [-0.2, -0.15) is 5.26 Å². The molecule has 0 aliphatic carbocycles. The number of hydrogen-bond donors (Lipinski definition) is 2. The Balaban J connectivity index is 2.17. The van der Waals surface area contributed by atoms with Crippen molar-refractivity contribution in [2.24, 2.45) is 0 Å². The highest BCUT2D eigenvalue weighted by Crippen LogP contribution is 2.19. The van der Waals surface area contributed by atoms with Gasteiger partial charge in [0.1, 0.15) is 11.9 Å². The third-order valence-corrected chi connectivity index (χ3v) is 4.65. The van der Waals surface area contributed by atoms with Crippen LogP contribution < -0.4 is 11.1 Å². The fourth-order valence-electron chi connectivity index (χ4n) is 2.01. The largest absolute Gasteiger partial charge is 0.397 e. The average molecular weight is 266 g/mol. The van der Waals surface area contributed by atoms with Crippen molar-refractivity contribution in [3.63, 3.8) is 0 Å². The van der Waals surface area contributed by atoms with Crippen LogP contribution in [0, 0.1) is 11.3 Å². The number of nitrogens with two attached hydrogens (primary N) is 1. The molecule has 1 atom stereocenters. The molecule has 0 radical (unpaired) electrons. The Labute approximate surface area is 106 Å². The molecule has 1 fully saturated rings. The van der Waals surface area contributed by atoms with E-state index in [9.17, 15) is 8.42 Å². The van der Waals surface area contributed by atoms with Gasteiger partial charge in [0.2, 0.25) is 0 Å². The third kappa shape index (κ3) is 2.90. The zero-order valence-electron chi connectivity index (χ0n) is 9.76. The van der Waals surface area contributed by atoms with Gasteiger partial charge in [0.25, 0.3) is 0 Å². The van der Waals surface area contributed by atoms with E-state index in [1.54, 1.807) is 0 Å². The second-order valence-electron chi connectivity index (χ2n) is 4.37. The molecule has 18 heavy (non-hydrogen) atoms. The van der Waals surface area contributed by atoms with Crippen LogP contribution in [0.15, 0.2) is 12.3 Å². The molecule has 0 saturated carbocycles. The molecule has 0 bridgehead atoms. The van der Waals surface area contributed by atoms with Gasteiger partial charge in [0.05, 0.1) is 29.0 Å². The number of anilines is 2. The number of nitrogens with zero attached hydrogens (tertiary/aromatic N) is 2. The van der Waals surface area contributed by atoms with Crippen LogP contribution in [0.25, 0.3) is 0 Å². The highest BCUT2D eigenvalue weighted by Gasteiger charge is 2.25. The quantitative estimate of drug-likeness (QED) is 0.808. The monoisotopic (exact) mass is 266 g/mol. The summed E-state index contributed by atoms with van der Waals surface area (Å²) in [6.07, 6.45) is 2.84. The van der Waals surface area contributed by atoms with Crippen LogP contribution in [-0.4, -0.2) is 30.9 Å². The van der Waals surface area contributed by atoms with Crippen LogP contribution >= 0.6 is 0 Å². The lowest BCUT2D eigenvalue weighted by Crippen LogP contribution is -2.35. The van der Waals surface area contributed by atoms with Gasteiger partial charge < -0.3 is 11.1 Å². The number of sulfone groups is 1. The number of pyridine rings is 1. The summed E-state index contributed by atoms with van der Waals surface area (Å²) in [5.41, 5.74) is 6.28. The second-order valence-corrected chi connectivity index (χ2v) is 6.60. The molecule has 7 heteroatoms. The minimum absolute atomic E-state index is 0.0872. The summed E-state index contributed by atoms with van der Waals surface area (Å²) < 4.78 is 23.0. The molecule has 1 unspecified atom stereocenters. The van der Waals surface area contributed by atoms with Crippen LogP contribution in [0.5, 0.6) is 0 Å². The molecule has 0 amide bonds. The Bertz CT molecular complexity index is 592. The predicted octanol–water partition coefficient (Wildman–Crippen LogP) is 0.525. The van der Waals surface area contributed by atoms with Gasteiger partial charge >= 0.3 is 0 Å². The van der Waals surface area contributed by atoms with Gasteiger partial charge in [0, 0.05) is 6.04 Å². The van der Waals surface area contributed by atoms with Gasteiger partial charge in [-0.15, -0.1) is 0 Å². The van der Waals surface area contributed by atoms with Crippen molar-refractivity contribution < 1.29 is 8.42 Å². The van der Waals surface area contributed by atoms with Crippen molar-refractivity contribution in [1.29, 1.82) is 5.26 Å². The molecule has 0 aromatic carbocycles. The number of nitriles is 1. The molecule has 1 aliphatic heterocycles. The van der Waals surface area contributed by atoms with E-state index in [4.69, 9.17) is 11.0 Å². The van der Waals surface area contributed by atoms with E-state index in [0.29, 0.717) is 23.5 Å². The maximum Gasteiger partial charge on any atom is 0.152 e. The molecule has 6 nitrogen and oxygen atoms in total. The van der Waals surface area contributed by atoms with Gasteiger partial charge in [-0.05, 0) is 18.9 Å². The molecular weight excluding hydrogens is 252 g/mol. The SMILES string of the molecule is N#Cc1cc(N)cnc1NC1CCCS(=O)(=O)C1. The molecule has 2 heterocycles. The fourth-order valence-corrected chi connectivity index (χ4v) is 3.65. The number of hydrogen-bond acceptors (Lipinski definition) is 6. The van der Waals surface area contributed by atoms with Gasteiger partial charge in [-0.1, -0.05) is 0 Å². The first-order valence-corrected chi connectivity index (χ1v) is 7.45. The van der Waals surface area contributed by atoms with E-state index >= 15 is 0 Å². The summed E-state index contributed by atoms with van der Waals surface area (Å²) in [5.74, 6) is 0.726. The Morgan fingerprint density at radius 2 is 2.33 bits per heavy atom. The Morgan fingerprint density at radius 1 is 1.56 bits per heavy atom. The van der Waals surface area contributed by atoms with Crippen molar-refractivity contribution in [2.45, 2.75) is 18.9 Å². The van der Waals surface area contributed by atoms with Gasteiger partial charge in [-0.25, -0.2) is 13.4 Å². The molecule has 3 N–H and O–H groups in total. The van der Waals surface area contributed by atoms with Crippen LogP contribution in [0.2, 0.25) is 0 Å². The molecule has 1 aliphatic rings. The molecule has 1 aromatic rings.